The van der Waals surface area contributed by atoms with E-state index in [9.17, 15) is 9.90 Å². The van der Waals surface area contributed by atoms with Crippen LogP contribution in [0.1, 0.15) is 43.6 Å². The molecule has 1 amide bonds. The van der Waals surface area contributed by atoms with Crippen LogP contribution >= 0.6 is 15.9 Å². The Balaban J connectivity index is 3.25. The number of nitrogens with zero attached hydrogens (tertiary/aromatic N) is 1. The third kappa shape index (κ3) is 3.05. The minimum atomic E-state index is -0.137. The Morgan fingerprint density at radius 3 is 2.17 bits per heavy atom. The molecule has 4 heteroatoms. The molecule has 0 fully saturated rings. The van der Waals surface area contributed by atoms with Crippen molar-refractivity contribution < 1.29 is 9.90 Å². The van der Waals surface area contributed by atoms with Crippen molar-refractivity contribution in [3.63, 3.8) is 0 Å². The van der Waals surface area contributed by atoms with Gasteiger partial charge in [-0.15, -0.1) is 0 Å². The molecule has 0 aliphatic rings. The number of halogens is 1. The van der Waals surface area contributed by atoms with Crippen molar-refractivity contribution in [1.29, 1.82) is 0 Å². The molecule has 3 nitrogen and oxygen atoms in total. The van der Waals surface area contributed by atoms with Gasteiger partial charge in [0.05, 0.1) is 5.56 Å². The van der Waals surface area contributed by atoms with Gasteiger partial charge in [0.1, 0.15) is 5.75 Å². The summed E-state index contributed by atoms with van der Waals surface area (Å²) in [5, 5.41) is 10.0. The van der Waals surface area contributed by atoms with Gasteiger partial charge in [0.15, 0.2) is 0 Å². The summed E-state index contributed by atoms with van der Waals surface area (Å²) < 4.78 is 0.800. The van der Waals surface area contributed by atoms with Gasteiger partial charge in [-0.1, -0.05) is 15.9 Å². The Bertz CT molecular complexity index is 447. The van der Waals surface area contributed by atoms with Crippen LogP contribution in [0.4, 0.5) is 0 Å². The van der Waals surface area contributed by atoms with Crippen molar-refractivity contribution in [2.24, 2.45) is 0 Å². The summed E-state index contributed by atoms with van der Waals surface area (Å²) >= 11 is 3.36. The van der Waals surface area contributed by atoms with E-state index in [-0.39, 0.29) is 23.7 Å². The van der Waals surface area contributed by atoms with Crippen molar-refractivity contribution in [3.8, 4) is 5.75 Å². The zero-order valence-corrected chi connectivity index (χ0v) is 13.1. The van der Waals surface area contributed by atoms with Crippen molar-refractivity contribution >= 4 is 21.8 Å². The van der Waals surface area contributed by atoms with E-state index in [1.807, 2.05) is 27.7 Å². The summed E-state index contributed by atoms with van der Waals surface area (Å²) in [7, 11) is 0. The lowest BCUT2D eigenvalue weighted by Crippen LogP contribution is -2.42. The highest BCUT2D eigenvalue weighted by Gasteiger charge is 2.24. The van der Waals surface area contributed by atoms with Crippen molar-refractivity contribution in [2.75, 3.05) is 0 Å². The average molecular weight is 314 g/mol. The van der Waals surface area contributed by atoms with Crippen molar-refractivity contribution in [2.45, 2.75) is 46.7 Å². The predicted octanol–water partition coefficient (Wildman–Crippen LogP) is 3.72. The summed E-state index contributed by atoms with van der Waals surface area (Å²) in [6, 6.07) is 3.65. The lowest BCUT2D eigenvalue weighted by molar-refractivity contribution is 0.0640. The number of carbonyl (C=O) groups excluding carboxylic acids is 1. The number of phenolic OH excluding ortho intramolecular Hbond substituents is 1. The van der Waals surface area contributed by atoms with Crippen LogP contribution in [0.3, 0.4) is 0 Å². The van der Waals surface area contributed by atoms with E-state index < -0.39 is 0 Å². The third-order valence-electron chi connectivity index (χ3n) is 2.84. The van der Waals surface area contributed by atoms with E-state index in [2.05, 4.69) is 15.9 Å². The van der Waals surface area contributed by atoms with Gasteiger partial charge >= 0.3 is 0 Å². The molecule has 0 unspecified atom stereocenters. The number of aromatic hydroxyl groups is 1. The lowest BCUT2D eigenvalue weighted by atomic mass is 10.1. The number of carbonyl (C=O) groups is 1. The summed E-state index contributed by atoms with van der Waals surface area (Å²) in [4.78, 5) is 14.3. The van der Waals surface area contributed by atoms with Crippen molar-refractivity contribution in [3.05, 3.63) is 27.7 Å². The first-order valence-corrected chi connectivity index (χ1v) is 6.86. The van der Waals surface area contributed by atoms with E-state index in [0.717, 1.165) is 4.47 Å². The predicted molar refractivity (Wildman–Crippen MR) is 77.0 cm³/mol. The minimum absolute atomic E-state index is 0.0644. The largest absolute Gasteiger partial charge is 0.507 e. The maximum absolute atomic E-state index is 12.5. The molecule has 1 N–H and O–H groups in total. The second kappa shape index (κ2) is 5.74. The number of hydrogen-bond acceptors (Lipinski definition) is 2. The fraction of sp³-hybridized carbons (Fsp3) is 0.500. The number of phenols is 1. The quantitative estimate of drug-likeness (QED) is 0.923. The van der Waals surface area contributed by atoms with E-state index in [0.29, 0.717) is 11.1 Å². The maximum Gasteiger partial charge on any atom is 0.258 e. The first-order valence-electron chi connectivity index (χ1n) is 6.07. The standard InChI is InChI=1S/C14H20BrNO2/c1-8(2)16(9(3)4)14(18)12-7-11(15)6-10(5)13(12)17/h6-9,17H,1-5H3. The van der Waals surface area contributed by atoms with Crippen LogP contribution in [0.15, 0.2) is 16.6 Å². The molecule has 0 saturated heterocycles. The molecular weight excluding hydrogens is 294 g/mol. The second-order valence-electron chi connectivity index (χ2n) is 5.02. The lowest BCUT2D eigenvalue weighted by Gasteiger charge is -2.31. The van der Waals surface area contributed by atoms with Gasteiger partial charge in [0.2, 0.25) is 0 Å². The number of hydrogen-bond donors (Lipinski definition) is 1. The molecule has 0 spiro atoms. The van der Waals surface area contributed by atoms with Crippen LogP contribution in [0.5, 0.6) is 5.75 Å². The highest BCUT2D eigenvalue weighted by atomic mass is 79.9. The van der Waals surface area contributed by atoms with Gasteiger partial charge in [-0.3, -0.25) is 4.79 Å². The first-order chi connectivity index (χ1) is 8.25. The van der Waals surface area contributed by atoms with E-state index in [1.165, 1.54) is 0 Å². The molecule has 0 radical (unpaired) electrons. The molecule has 1 aromatic rings. The van der Waals surface area contributed by atoms with Gasteiger partial charge < -0.3 is 10.0 Å². The van der Waals surface area contributed by atoms with Gasteiger partial charge in [0, 0.05) is 16.6 Å². The van der Waals surface area contributed by atoms with Gasteiger partial charge in [-0.05, 0) is 52.3 Å². The second-order valence-corrected chi connectivity index (χ2v) is 5.93. The zero-order valence-electron chi connectivity index (χ0n) is 11.5. The van der Waals surface area contributed by atoms with E-state index in [1.54, 1.807) is 24.0 Å². The molecule has 1 rings (SSSR count). The first kappa shape index (κ1) is 15.0. The van der Waals surface area contributed by atoms with E-state index in [4.69, 9.17) is 0 Å². The van der Waals surface area contributed by atoms with Gasteiger partial charge in [0.25, 0.3) is 5.91 Å². The van der Waals surface area contributed by atoms with Crippen LogP contribution in [0, 0.1) is 6.92 Å². The number of rotatable bonds is 3. The number of aryl methyl sites for hydroxylation is 1. The van der Waals surface area contributed by atoms with Gasteiger partial charge in [-0.2, -0.15) is 0 Å². The highest BCUT2D eigenvalue weighted by molar-refractivity contribution is 9.10. The molecule has 0 aliphatic heterocycles. The van der Waals surface area contributed by atoms with E-state index >= 15 is 0 Å². The summed E-state index contributed by atoms with van der Waals surface area (Å²) in [5.41, 5.74) is 1.05. The molecule has 100 valence electrons. The van der Waals surface area contributed by atoms with Crippen molar-refractivity contribution in [1.82, 2.24) is 4.90 Å². The molecule has 0 bridgehead atoms. The smallest absolute Gasteiger partial charge is 0.258 e. The average Bonchev–Trinajstić information content (AvgIpc) is 2.22. The summed E-state index contributed by atoms with van der Waals surface area (Å²) in [6.07, 6.45) is 0. The van der Waals surface area contributed by atoms with Crippen LogP contribution in [0.25, 0.3) is 0 Å². The van der Waals surface area contributed by atoms with Crippen LogP contribution in [0.2, 0.25) is 0 Å². The molecule has 0 aromatic heterocycles. The minimum Gasteiger partial charge on any atom is -0.507 e. The molecular formula is C14H20BrNO2. The number of benzene rings is 1. The fourth-order valence-electron chi connectivity index (χ4n) is 2.10. The molecule has 0 aliphatic carbocycles. The SMILES string of the molecule is Cc1cc(Br)cc(C(=O)N(C(C)C)C(C)C)c1O. The Kier molecular flexibility index (Phi) is 4.79. The molecule has 0 heterocycles. The summed E-state index contributed by atoms with van der Waals surface area (Å²) in [5.74, 6) is -0.0728. The highest BCUT2D eigenvalue weighted by Crippen LogP contribution is 2.28. The van der Waals surface area contributed by atoms with Crippen LogP contribution < -0.4 is 0 Å². The molecule has 18 heavy (non-hydrogen) atoms. The monoisotopic (exact) mass is 313 g/mol. The molecule has 1 aromatic carbocycles. The zero-order chi connectivity index (χ0) is 14.0. The Morgan fingerprint density at radius 2 is 1.72 bits per heavy atom. The Hall–Kier alpha value is -1.03. The summed E-state index contributed by atoms with van der Waals surface area (Å²) in [6.45, 7) is 9.67. The Morgan fingerprint density at radius 1 is 1.22 bits per heavy atom. The number of amides is 1. The third-order valence-corrected chi connectivity index (χ3v) is 3.30. The topological polar surface area (TPSA) is 40.5 Å². The normalized spacial score (nSPS) is 11.1. The molecule has 0 atom stereocenters. The molecule has 0 saturated carbocycles. The van der Waals surface area contributed by atoms with Gasteiger partial charge in [-0.25, -0.2) is 0 Å². The maximum atomic E-state index is 12.5. The van der Waals surface area contributed by atoms with Crippen LogP contribution in [-0.4, -0.2) is 28.0 Å². The Labute approximate surface area is 117 Å². The van der Waals surface area contributed by atoms with Crippen LogP contribution in [-0.2, 0) is 0 Å². The fourth-order valence-corrected chi connectivity index (χ4v) is 2.68.